The van der Waals surface area contributed by atoms with Crippen LogP contribution in [0.25, 0.3) is 11.4 Å². The highest BCUT2D eigenvalue weighted by Gasteiger charge is 2.13. The third-order valence-corrected chi connectivity index (χ3v) is 3.46. The number of aryl methyl sites for hydroxylation is 1. The van der Waals surface area contributed by atoms with E-state index in [4.69, 9.17) is 5.73 Å². The summed E-state index contributed by atoms with van der Waals surface area (Å²) in [6.45, 7) is 2.06. The molecule has 0 aliphatic carbocycles. The van der Waals surface area contributed by atoms with E-state index in [9.17, 15) is 0 Å². The second kappa shape index (κ2) is 5.89. The number of hydrogen-bond acceptors (Lipinski definition) is 3. The first-order chi connectivity index (χ1) is 10.2. The van der Waals surface area contributed by atoms with Crippen LogP contribution in [-0.4, -0.2) is 15.2 Å². The molecule has 0 radical (unpaired) electrons. The Balaban J connectivity index is 1.76. The highest BCUT2D eigenvalue weighted by atomic mass is 15.2. The van der Waals surface area contributed by atoms with Crippen molar-refractivity contribution < 1.29 is 0 Å². The molecule has 106 valence electrons. The van der Waals surface area contributed by atoms with Gasteiger partial charge in [0.2, 0.25) is 0 Å². The van der Waals surface area contributed by atoms with Crippen LogP contribution in [0.15, 0.2) is 54.6 Å². The Morgan fingerprint density at radius 1 is 1.05 bits per heavy atom. The standard InChI is InChI=1S/C17H18N4/c1-12-7-9-14(10-8-12)16-19-17(21-20-16)15(18)11-13-5-3-2-4-6-13/h2-10,15H,11,18H2,1H3,(H,19,20,21)/t15-/m1/s1. The van der Waals surface area contributed by atoms with E-state index < -0.39 is 0 Å². The van der Waals surface area contributed by atoms with E-state index in [1.807, 2.05) is 30.3 Å². The predicted octanol–water partition coefficient (Wildman–Crippen LogP) is 3.02. The molecule has 3 aromatic rings. The molecule has 0 saturated heterocycles. The fourth-order valence-electron chi connectivity index (χ4n) is 2.24. The van der Waals surface area contributed by atoms with Crippen LogP contribution in [0.3, 0.4) is 0 Å². The highest BCUT2D eigenvalue weighted by molar-refractivity contribution is 5.54. The quantitative estimate of drug-likeness (QED) is 0.771. The zero-order valence-corrected chi connectivity index (χ0v) is 12.0. The lowest BCUT2D eigenvalue weighted by molar-refractivity contribution is 0.671. The molecule has 1 atom stereocenters. The maximum atomic E-state index is 6.21. The molecule has 4 heteroatoms. The Kier molecular flexibility index (Phi) is 3.79. The summed E-state index contributed by atoms with van der Waals surface area (Å²) in [4.78, 5) is 4.51. The first-order valence-electron chi connectivity index (χ1n) is 7.01. The van der Waals surface area contributed by atoms with Gasteiger partial charge in [-0.1, -0.05) is 60.2 Å². The minimum Gasteiger partial charge on any atom is -0.321 e. The van der Waals surface area contributed by atoms with Gasteiger partial charge in [0.05, 0.1) is 6.04 Å². The number of aromatic amines is 1. The van der Waals surface area contributed by atoms with E-state index in [-0.39, 0.29) is 6.04 Å². The molecule has 0 amide bonds. The van der Waals surface area contributed by atoms with Gasteiger partial charge in [0.1, 0.15) is 5.82 Å². The Bertz CT molecular complexity index is 701. The second-order valence-electron chi connectivity index (χ2n) is 5.21. The normalized spacial score (nSPS) is 12.3. The Morgan fingerprint density at radius 2 is 1.76 bits per heavy atom. The van der Waals surface area contributed by atoms with Gasteiger partial charge in [-0.2, -0.15) is 5.10 Å². The Morgan fingerprint density at radius 3 is 2.48 bits per heavy atom. The summed E-state index contributed by atoms with van der Waals surface area (Å²) < 4.78 is 0. The zero-order chi connectivity index (χ0) is 14.7. The molecule has 1 heterocycles. The summed E-state index contributed by atoms with van der Waals surface area (Å²) in [6, 6.07) is 18.1. The third kappa shape index (κ3) is 3.17. The summed E-state index contributed by atoms with van der Waals surface area (Å²) in [5, 5.41) is 7.22. The molecule has 3 rings (SSSR count). The summed E-state index contributed by atoms with van der Waals surface area (Å²) in [7, 11) is 0. The number of aromatic nitrogens is 3. The van der Waals surface area contributed by atoms with E-state index in [1.54, 1.807) is 0 Å². The van der Waals surface area contributed by atoms with Gasteiger partial charge < -0.3 is 5.73 Å². The molecule has 21 heavy (non-hydrogen) atoms. The number of rotatable bonds is 4. The minimum atomic E-state index is -0.181. The molecule has 0 bridgehead atoms. The molecule has 0 spiro atoms. The number of nitrogens with two attached hydrogens (primary N) is 1. The molecule has 2 aromatic carbocycles. The molecule has 0 fully saturated rings. The molecule has 0 unspecified atom stereocenters. The van der Waals surface area contributed by atoms with Crippen LogP contribution in [0, 0.1) is 6.92 Å². The average molecular weight is 278 g/mol. The smallest absolute Gasteiger partial charge is 0.181 e. The zero-order valence-electron chi connectivity index (χ0n) is 12.0. The number of H-pyrrole nitrogens is 1. The maximum Gasteiger partial charge on any atom is 0.181 e. The van der Waals surface area contributed by atoms with Gasteiger partial charge in [-0.25, -0.2) is 4.98 Å². The first kappa shape index (κ1) is 13.5. The van der Waals surface area contributed by atoms with Crippen molar-refractivity contribution in [3.8, 4) is 11.4 Å². The van der Waals surface area contributed by atoms with Gasteiger partial charge in [0, 0.05) is 5.56 Å². The third-order valence-electron chi connectivity index (χ3n) is 3.46. The van der Waals surface area contributed by atoms with Crippen LogP contribution in [-0.2, 0) is 6.42 Å². The van der Waals surface area contributed by atoms with Crippen molar-refractivity contribution in [1.82, 2.24) is 15.2 Å². The van der Waals surface area contributed by atoms with Crippen LogP contribution in [0.5, 0.6) is 0 Å². The average Bonchev–Trinajstić information content (AvgIpc) is 2.99. The molecular weight excluding hydrogens is 260 g/mol. The summed E-state index contributed by atoms with van der Waals surface area (Å²) in [5.41, 5.74) is 9.61. The maximum absolute atomic E-state index is 6.21. The van der Waals surface area contributed by atoms with Gasteiger partial charge in [-0.3, -0.25) is 5.10 Å². The fourth-order valence-corrected chi connectivity index (χ4v) is 2.24. The molecule has 0 saturated carbocycles. The number of nitrogens with one attached hydrogen (secondary N) is 1. The lowest BCUT2D eigenvalue weighted by Gasteiger charge is -2.07. The largest absolute Gasteiger partial charge is 0.321 e. The number of hydrogen-bond donors (Lipinski definition) is 2. The second-order valence-corrected chi connectivity index (χ2v) is 5.21. The summed E-state index contributed by atoms with van der Waals surface area (Å²) in [5.74, 6) is 1.41. The monoisotopic (exact) mass is 278 g/mol. The van der Waals surface area contributed by atoms with Gasteiger partial charge in [0.25, 0.3) is 0 Å². The topological polar surface area (TPSA) is 67.6 Å². The van der Waals surface area contributed by atoms with Gasteiger partial charge in [0.15, 0.2) is 5.82 Å². The molecule has 4 nitrogen and oxygen atoms in total. The van der Waals surface area contributed by atoms with Crippen molar-refractivity contribution in [3.63, 3.8) is 0 Å². The highest BCUT2D eigenvalue weighted by Crippen LogP contribution is 2.18. The van der Waals surface area contributed by atoms with Crippen LogP contribution in [0.1, 0.15) is 23.0 Å². The van der Waals surface area contributed by atoms with E-state index in [0.717, 1.165) is 17.8 Å². The van der Waals surface area contributed by atoms with Crippen molar-refractivity contribution in [2.45, 2.75) is 19.4 Å². The first-order valence-corrected chi connectivity index (χ1v) is 7.01. The fraction of sp³-hybridized carbons (Fsp3) is 0.176. The minimum absolute atomic E-state index is 0.181. The van der Waals surface area contributed by atoms with Crippen LogP contribution in [0.4, 0.5) is 0 Å². The Labute approximate surface area is 124 Å². The lowest BCUT2D eigenvalue weighted by atomic mass is 10.1. The molecule has 0 aliphatic rings. The predicted molar refractivity (Wildman–Crippen MR) is 83.6 cm³/mol. The van der Waals surface area contributed by atoms with Crippen molar-refractivity contribution in [2.24, 2.45) is 5.73 Å². The van der Waals surface area contributed by atoms with Gasteiger partial charge in [-0.15, -0.1) is 0 Å². The number of nitrogens with zero attached hydrogens (tertiary/aromatic N) is 2. The van der Waals surface area contributed by atoms with Gasteiger partial charge in [-0.05, 0) is 18.9 Å². The van der Waals surface area contributed by atoms with Crippen molar-refractivity contribution in [1.29, 1.82) is 0 Å². The Hall–Kier alpha value is -2.46. The van der Waals surface area contributed by atoms with Crippen molar-refractivity contribution in [2.75, 3.05) is 0 Å². The van der Waals surface area contributed by atoms with E-state index in [2.05, 4.69) is 46.4 Å². The van der Waals surface area contributed by atoms with Crippen molar-refractivity contribution >= 4 is 0 Å². The van der Waals surface area contributed by atoms with Crippen LogP contribution >= 0.6 is 0 Å². The van der Waals surface area contributed by atoms with Crippen molar-refractivity contribution in [3.05, 3.63) is 71.5 Å². The lowest BCUT2D eigenvalue weighted by Crippen LogP contribution is -2.15. The molecule has 3 N–H and O–H groups in total. The molecule has 1 aromatic heterocycles. The molecule has 0 aliphatic heterocycles. The van der Waals surface area contributed by atoms with E-state index >= 15 is 0 Å². The number of benzene rings is 2. The summed E-state index contributed by atoms with van der Waals surface area (Å²) >= 11 is 0. The van der Waals surface area contributed by atoms with E-state index in [0.29, 0.717) is 5.82 Å². The van der Waals surface area contributed by atoms with Crippen LogP contribution in [0.2, 0.25) is 0 Å². The molecular formula is C17H18N4. The van der Waals surface area contributed by atoms with Gasteiger partial charge >= 0.3 is 0 Å². The SMILES string of the molecule is Cc1ccc(-c2n[nH]c([C@H](N)Cc3ccccc3)n2)cc1. The summed E-state index contributed by atoms with van der Waals surface area (Å²) in [6.07, 6.45) is 0.739. The van der Waals surface area contributed by atoms with E-state index in [1.165, 1.54) is 11.1 Å². The van der Waals surface area contributed by atoms with Crippen LogP contribution < -0.4 is 5.73 Å².